The third-order valence-corrected chi connectivity index (χ3v) is 4.87. The zero-order valence-electron chi connectivity index (χ0n) is 12.0. The molecule has 0 unspecified atom stereocenters. The minimum absolute atomic E-state index is 0.251. The summed E-state index contributed by atoms with van der Waals surface area (Å²) in [6.45, 7) is 0. The summed E-state index contributed by atoms with van der Waals surface area (Å²) in [5.41, 5.74) is 2.12. The molecule has 0 aliphatic heterocycles. The Morgan fingerprint density at radius 3 is 2.24 bits per heavy atom. The first kappa shape index (κ1) is 14.3. The first-order valence-electron chi connectivity index (χ1n) is 7.54. The van der Waals surface area contributed by atoms with Crippen molar-refractivity contribution in [3.05, 3.63) is 70.7 Å². The van der Waals surface area contributed by atoms with Gasteiger partial charge < -0.3 is 0 Å². The second kappa shape index (κ2) is 6.03. The van der Waals surface area contributed by atoms with Crippen molar-refractivity contribution in [2.24, 2.45) is 0 Å². The van der Waals surface area contributed by atoms with Gasteiger partial charge >= 0.3 is 0 Å². The number of rotatable bonds is 5. The minimum Gasteiger partial charge on any atom is -0.299 e. The lowest BCUT2D eigenvalue weighted by Crippen LogP contribution is -2.42. The number of carbonyl (C=O) groups is 1. The Kier molecular flexibility index (Phi) is 4.12. The fourth-order valence-corrected chi connectivity index (χ4v) is 3.30. The van der Waals surface area contributed by atoms with Gasteiger partial charge in [-0.25, -0.2) is 0 Å². The molecule has 0 N–H and O–H groups in total. The predicted molar refractivity (Wildman–Crippen MR) is 86.8 cm³/mol. The molecule has 3 rings (SSSR count). The van der Waals surface area contributed by atoms with Crippen LogP contribution in [0.2, 0.25) is 5.02 Å². The van der Waals surface area contributed by atoms with E-state index in [1.54, 1.807) is 0 Å². The fourth-order valence-electron chi connectivity index (χ4n) is 3.17. The number of benzene rings is 2. The maximum Gasteiger partial charge on any atom is 0.143 e. The van der Waals surface area contributed by atoms with Crippen molar-refractivity contribution in [2.45, 2.75) is 37.5 Å². The number of hydrogen-bond donors (Lipinski definition) is 0. The number of aryl methyl sites for hydroxylation is 1. The molecule has 0 saturated heterocycles. The first-order chi connectivity index (χ1) is 10.2. The van der Waals surface area contributed by atoms with E-state index < -0.39 is 0 Å². The quantitative estimate of drug-likeness (QED) is 0.762. The van der Waals surface area contributed by atoms with Gasteiger partial charge in [0.1, 0.15) is 5.78 Å². The second-order valence-corrected chi connectivity index (χ2v) is 6.29. The summed E-state index contributed by atoms with van der Waals surface area (Å²) in [7, 11) is 0. The van der Waals surface area contributed by atoms with Crippen LogP contribution in [-0.4, -0.2) is 5.78 Å². The highest BCUT2D eigenvalue weighted by molar-refractivity contribution is 6.30. The highest BCUT2D eigenvalue weighted by atomic mass is 35.5. The van der Waals surface area contributed by atoms with Crippen molar-refractivity contribution in [2.75, 3.05) is 0 Å². The molecule has 0 spiro atoms. The van der Waals surface area contributed by atoms with Crippen LogP contribution in [0.3, 0.4) is 0 Å². The smallest absolute Gasteiger partial charge is 0.143 e. The molecular weight excluding hydrogens is 280 g/mol. The lowest BCUT2D eigenvalue weighted by atomic mass is 9.61. The van der Waals surface area contributed by atoms with Crippen LogP contribution in [-0.2, 0) is 16.6 Å². The maximum absolute atomic E-state index is 12.8. The minimum atomic E-state index is -0.251. The Balaban J connectivity index is 1.73. The third-order valence-electron chi connectivity index (χ3n) is 4.62. The standard InChI is InChI=1S/C19H19ClO/c20-17-10-8-16(9-11-17)19(13-4-14-19)18(21)12-7-15-5-2-1-3-6-15/h1-3,5-6,8-11H,4,7,12-14H2. The topological polar surface area (TPSA) is 17.1 Å². The van der Waals surface area contributed by atoms with Crippen molar-refractivity contribution in [1.82, 2.24) is 0 Å². The Morgan fingerprint density at radius 2 is 1.67 bits per heavy atom. The third kappa shape index (κ3) is 2.89. The van der Waals surface area contributed by atoms with Crippen LogP contribution < -0.4 is 0 Å². The molecule has 0 radical (unpaired) electrons. The summed E-state index contributed by atoms with van der Waals surface area (Å²) in [4.78, 5) is 12.8. The van der Waals surface area contributed by atoms with Crippen LogP contribution >= 0.6 is 11.6 Å². The van der Waals surface area contributed by atoms with E-state index in [2.05, 4.69) is 12.1 Å². The number of Topliss-reactive ketones (excluding diaryl/α,β-unsaturated/α-hetero) is 1. The molecule has 108 valence electrons. The van der Waals surface area contributed by atoms with E-state index in [1.165, 1.54) is 5.56 Å². The van der Waals surface area contributed by atoms with Crippen LogP contribution in [0.15, 0.2) is 54.6 Å². The van der Waals surface area contributed by atoms with Crippen molar-refractivity contribution in [1.29, 1.82) is 0 Å². The normalized spacial score (nSPS) is 16.2. The summed E-state index contributed by atoms with van der Waals surface area (Å²) in [5, 5.41) is 0.727. The van der Waals surface area contributed by atoms with Crippen molar-refractivity contribution in [3.63, 3.8) is 0 Å². The van der Waals surface area contributed by atoms with Gasteiger partial charge in [-0.2, -0.15) is 0 Å². The fraction of sp³-hybridized carbons (Fsp3) is 0.316. The first-order valence-corrected chi connectivity index (χ1v) is 7.92. The highest BCUT2D eigenvalue weighted by Crippen LogP contribution is 2.45. The van der Waals surface area contributed by atoms with Crippen LogP contribution in [0.25, 0.3) is 0 Å². The molecule has 2 heteroatoms. The Hall–Kier alpha value is -1.60. The van der Waals surface area contributed by atoms with Gasteiger partial charge in [-0.05, 0) is 42.5 Å². The van der Waals surface area contributed by atoms with Gasteiger partial charge in [0, 0.05) is 11.4 Å². The molecule has 1 aliphatic carbocycles. The van der Waals surface area contributed by atoms with Gasteiger partial charge in [-0.3, -0.25) is 4.79 Å². The van der Waals surface area contributed by atoms with E-state index in [0.717, 1.165) is 36.3 Å². The van der Waals surface area contributed by atoms with Gasteiger partial charge in [-0.15, -0.1) is 0 Å². The Labute approximate surface area is 131 Å². The zero-order valence-corrected chi connectivity index (χ0v) is 12.8. The van der Waals surface area contributed by atoms with Gasteiger partial charge in [0.15, 0.2) is 0 Å². The summed E-state index contributed by atoms with van der Waals surface area (Å²) in [5.74, 6) is 0.375. The highest BCUT2D eigenvalue weighted by Gasteiger charge is 2.44. The molecule has 2 aromatic rings. The second-order valence-electron chi connectivity index (χ2n) is 5.85. The summed E-state index contributed by atoms with van der Waals surface area (Å²) in [6, 6.07) is 18.0. The summed E-state index contributed by atoms with van der Waals surface area (Å²) < 4.78 is 0. The largest absolute Gasteiger partial charge is 0.299 e. The summed E-state index contributed by atoms with van der Waals surface area (Å²) in [6.07, 6.45) is 4.53. The molecule has 0 aromatic heterocycles. The molecule has 0 atom stereocenters. The number of ketones is 1. The van der Waals surface area contributed by atoms with E-state index in [9.17, 15) is 4.79 Å². The summed E-state index contributed by atoms with van der Waals surface area (Å²) >= 11 is 5.96. The number of carbonyl (C=O) groups excluding carboxylic acids is 1. The lowest BCUT2D eigenvalue weighted by Gasteiger charge is -2.41. The number of hydrogen-bond acceptors (Lipinski definition) is 1. The van der Waals surface area contributed by atoms with Crippen LogP contribution in [0.1, 0.15) is 36.8 Å². The molecule has 0 amide bonds. The molecule has 1 nitrogen and oxygen atoms in total. The maximum atomic E-state index is 12.8. The van der Waals surface area contributed by atoms with Crippen LogP contribution in [0.5, 0.6) is 0 Å². The molecule has 1 saturated carbocycles. The lowest BCUT2D eigenvalue weighted by molar-refractivity contribution is -0.127. The molecule has 0 bridgehead atoms. The average molecular weight is 299 g/mol. The van der Waals surface area contributed by atoms with E-state index >= 15 is 0 Å². The molecular formula is C19H19ClO. The van der Waals surface area contributed by atoms with Gasteiger partial charge in [0.05, 0.1) is 5.41 Å². The van der Waals surface area contributed by atoms with Crippen molar-refractivity contribution in [3.8, 4) is 0 Å². The monoisotopic (exact) mass is 298 g/mol. The van der Waals surface area contributed by atoms with Crippen LogP contribution in [0, 0.1) is 0 Å². The van der Waals surface area contributed by atoms with E-state index in [1.807, 2.05) is 42.5 Å². The predicted octanol–water partition coefficient (Wildman–Crippen LogP) is 4.96. The molecule has 1 fully saturated rings. The van der Waals surface area contributed by atoms with Gasteiger partial charge in [0.2, 0.25) is 0 Å². The molecule has 2 aromatic carbocycles. The van der Waals surface area contributed by atoms with E-state index in [0.29, 0.717) is 12.2 Å². The molecule has 21 heavy (non-hydrogen) atoms. The Morgan fingerprint density at radius 1 is 1.00 bits per heavy atom. The van der Waals surface area contributed by atoms with Crippen molar-refractivity contribution >= 4 is 17.4 Å². The zero-order chi connectivity index (χ0) is 14.7. The van der Waals surface area contributed by atoms with E-state index in [4.69, 9.17) is 11.6 Å². The van der Waals surface area contributed by atoms with Gasteiger partial charge in [0.25, 0.3) is 0 Å². The van der Waals surface area contributed by atoms with Gasteiger partial charge in [-0.1, -0.05) is 60.5 Å². The molecule has 1 aliphatic rings. The Bertz CT molecular complexity index is 612. The average Bonchev–Trinajstić information content (AvgIpc) is 2.47. The van der Waals surface area contributed by atoms with Crippen molar-refractivity contribution < 1.29 is 4.79 Å². The molecule has 0 heterocycles. The number of halogens is 1. The van der Waals surface area contributed by atoms with Crippen LogP contribution in [0.4, 0.5) is 0 Å². The van der Waals surface area contributed by atoms with E-state index in [-0.39, 0.29) is 5.41 Å². The SMILES string of the molecule is O=C(CCc1ccccc1)C1(c2ccc(Cl)cc2)CCC1.